The molecule has 0 aromatic rings. The molecule has 0 aliphatic rings. The average molecular weight is 438 g/mol. The highest BCUT2D eigenvalue weighted by molar-refractivity contribution is 7.46. The SMILES string of the molecule is CCCCCCCCC(=O)OC(COC(=O)CCCCCCC)COP(=O)(O)O. The van der Waals surface area contributed by atoms with Crippen LogP contribution >= 0.6 is 7.82 Å². The zero-order valence-electron chi connectivity index (χ0n) is 18.0. The molecule has 0 heterocycles. The molecule has 0 fully saturated rings. The van der Waals surface area contributed by atoms with Crippen LogP contribution in [0.2, 0.25) is 0 Å². The molecule has 0 radical (unpaired) electrons. The fraction of sp³-hybridized carbons (Fsp3) is 0.900. The fourth-order valence-electron chi connectivity index (χ4n) is 2.72. The molecule has 0 saturated carbocycles. The van der Waals surface area contributed by atoms with Crippen LogP contribution in [-0.2, 0) is 28.2 Å². The maximum atomic E-state index is 12.0. The lowest BCUT2D eigenvalue weighted by atomic mass is 10.1. The van der Waals surface area contributed by atoms with Crippen LogP contribution in [0.4, 0.5) is 0 Å². The van der Waals surface area contributed by atoms with E-state index in [0.29, 0.717) is 6.42 Å². The van der Waals surface area contributed by atoms with Gasteiger partial charge in [0.25, 0.3) is 0 Å². The second-order valence-electron chi connectivity index (χ2n) is 7.26. The van der Waals surface area contributed by atoms with Gasteiger partial charge in [-0.3, -0.25) is 14.1 Å². The van der Waals surface area contributed by atoms with Gasteiger partial charge in [-0.05, 0) is 12.8 Å². The van der Waals surface area contributed by atoms with Crippen molar-refractivity contribution in [3.05, 3.63) is 0 Å². The van der Waals surface area contributed by atoms with Crippen molar-refractivity contribution in [3.8, 4) is 0 Å². The van der Waals surface area contributed by atoms with E-state index in [0.717, 1.165) is 57.8 Å². The standard InChI is InChI=1S/C20H39O8P/c1-3-5-7-9-11-13-15-20(22)28-18(17-27-29(23,24)25)16-26-19(21)14-12-10-8-6-4-2/h18H,3-17H2,1-2H3,(H2,23,24,25). The van der Waals surface area contributed by atoms with E-state index in [9.17, 15) is 14.2 Å². The first-order chi connectivity index (χ1) is 13.8. The first-order valence-electron chi connectivity index (χ1n) is 10.8. The largest absolute Gasteiger partial charge is 0.469 e. The number of phosphoric acid groups is 1. The van der Waals surface area contributed by atoms with E-state index >= 15 is 0 Å². The first kappa shape index (κ1) is 28.1. The van der Waals surface area contributed by atoms with Crippen molar-refractivity contribution in [2.24, 2.45) is 0 Å². The van der Waals surface area contributed by atoms with Gasteiger partial charge < -0.3 is 19.3 Å². The second-order valence-corrected chi connectivity index (χ2v) is 8.50. The van der Waals surface area contributed by atoms with Crippen LogP contribution in [0, 0.1) is 0 Å². The van der Waals surface area contributed by atoms with Crippen molar-refractivity contribution in [1.82, 2.24) is 0 Å². The van der Waals surface area contributed by atoms with Crippen molar-refractivity contribution >= 4 is 19.8 Å². The van der Waals surface area contributed by atoms with Crippen molar-refractivity contribution in [1.29, 1.82) is 0 Å². The predicted octanol–water partition coefficient (Wildman–Crippen LogP) is 4.66. The Bertz CT molecular complexity index is 477. The monoisotopic (exact) mass is 438 g/mol. The topological polar surface area (TPSA) is 119 Å². The Morgan fingerprint density at radius 2 is 1.24 bits per heavy atom. The summed E-state index contributed by atoms with van der Waals surface area (Å²) >= 11 is 0. The van der Waals surface area contributed by atoms with Crippen molar-refractivity contribution in [3.63, 3.8) is 0 Å². The summed E-state index contributed by atoms with van der Waals surface area (Å²) in [4.78, 5) is 41.5. The van der Waals surface area contributed by atoms with E-state index in [4.69, 9.17) is 19.3 Å². The van der Waals surface area contributed by atoms with Crippen LogP contribution in [0.1, 0.15) is 97.3 Å². The quantitative estimate of drug-likeness (QED) is 0.170. The molecule has 0 aromatic carbocycles. The van der Waals surface area contributed by atoms with Gasteiger partial charge in [0, 0.05) is 12.8 Å². The van der Waals surface area contributed by atoms with Gasteiger partial charge in [0.05, 0.1) is 6.61 Å². The highest BCUT2D eigenvalue weighted by atomic mass is 31.2. The molecular weight excluding hydrogens is 399 g/mol. The minimum absolute atomic E-state index is 0.212. The first-order valence-corrected chi connectivity index (χ1v) is 12.4. The zero-order valence-corrected chi connectivity index (χ0v) is 18.9. The summed E-state index contributed by atoms with van der Waals surface area (Å²) in [5.74, 6) is -0.912. The third-order valence-corrected chi connectivity index (χ3v) is 4.86. The van der Waals surface area contributed by atoms with Gasteiger partial charge in [0.2, 0.25) is 0 Å². The summed E-state index contributed by atoms with van der Waals surface area (Å²) in [6.07, 6.45) is 10.6. The molecule has 172 valence electrons. The van der Waals surface area contributed by atoms with Crippen molar-refractivity contribution in [2.45, 2.75) is 103 Å². The van der Waals surface area contributed by atoms with Gasteiger partial charge in [-0.1, -0.05) is 71.6 Å². The summed E-state index contributed by atoms with van der Waals surface area (Å²) in [5.41, 5.74) is 0. The molecule has 8 nitrogen and oxygen atoms in total. The van der Waals surface area contributed by atoms with Crippen LogP contribution in [0.3, 0.4) is 0 Å². The molecule has 0 spiro atoms. The van der Waals surface area contributed by atoms with Crippen LogP contribution in [-0.4, -0.2) is 41.0 Å². The molecule has 9 heteroatoms. The molecular formula is C20H39O8P. The summed E-state index contributed by atoms with van der Waals surface area (Å²) in [6, 6.07) is 0. The number of carbonyl (C=O) groups excluding carboxylic acids is 2. The molecule has 0 saturated heterocycles. The van der Waals surface area contributed by atoms with Crippen molar-refractivity contribution in [2.75, 3.05) is 13.2 Å². The van der Waals surface area contributed by atoms with Crippen LogP contribution < -0.4 is 0 Å². The molecule has 0 bridgehead atoms. The average Bonchev–Trinajstić information content (AvgIpc) is 2.65. The maximum Gasteiger partial charge on any atom is 0.469 e. The number of esters is 2. The Labute approximate surface area is 174 Å². The number of carbonyl (C=O) groups is 2. The lowest BCUT2D eigenvalue weighted by Crippen LogP contribution is -2.29. The Morgan fingerprint density at radius 1 is 0.759 bits per heavy atom. The van der Waals surface area contributed by atoms with E-state index < -0.39 is 32.5 Å². The normalized spacial score (nSPS) is 12.6. The van der Waals surface area contributed by atoms with Gasteiger partial charge in [-0.15, -0.1) is 0 Å². The van der Waals surface area contributed by atoms with E-state index in [1.54, 1.807) is 0 Å². The maximum absolute atomic E-state index is 12.0. The molecule has 0 rings (SSSR count). The van der Waals surface area contributed by atoms with Gasteiger partial charge in [0.15, 0.2) is 6.10 Å². The molecule has 0 aliphatic heterocycles. The lowest BCUT2D eigenvalue weighted by Gasteiger charge is -2.18. The van der Waals surface area contributed by atoms with E-state index in [1.807, 2.05) is 0 Å². The molecule has 1 atom stereocenters. The third kappa shape index (κ3) is 20.1. The van der Waals surface area contributed by atoms with Gasteiger partial charge in [-0.2, -0.15) is 0 Å². The summed E-state index contributed by atoms with van der Waals surface area (Å²) in [6.45, 7) is 3.44. The third-order valence-electron chi connectivity index (χ3n) is 4.38. The fourth-order valence-corrected chi connectivity index (χ4v) is 3.08. The van der Waals surface area contributed by atoms with E-state index in [-0.39, 0.29) is 19.4 Å². The predicted molar refractivity (Wildman–Crippen MR) is 110 cm³/mol. The Hall–Kier alpha value is -0.950. The Morgan fingerprint density at radius 3 is 1.76 bits per heavy atom. The number of hydrogen-bond acceptors (Lipinski definition) is 6. The number of unbranched alkanes of at least 4 members (excludes halogenated alkanes) is 9. The van der Waals surface area contributed by atoms with E-state index in [1.165, 1.54) is 6.42 Å². The molecule has 0 aromatic heterocycles. The second kappa shape index (κ2) is 17.9. The Kier molecular flexibility index (Phi) is 17.3. The number of ether oxygens (including phenoxy) is 2. The molecule has 1 unspecified atom stereocenters. The number of hydrogen-bond donors (Lipinski definition) is 2. The summed E-state index contributed by atoms with van der Waals surface area (Å²) < 4.78 is 25.6. The van der Waals surface area contributed by atoms with Gasteiger partial charge in [0.1, 0.15) is 6.61 Å². The van der Waals surface area contributed by atoms with Crippen LogP contribution in [0.15, 0.2) is 0 Å². The molecule has 0 amide bonds. The molecule has 2 N–H and O–H groups in total. The Balaban J connectivity index is 4.24. The highest BCUT2D eigenvalue weighted by Crippen LogP contribution is 2.35. The minimum atomic E-state index is -4.71. The van der Waals surface area contributed by atoms with Crippen LogP contribution in [0.5, 0.6) is 0 Å². The smallest absolute Gasteiger partial charge is 0.462 e. The lowest BCUT2D eigenvalue weighted by molar-refractivity contribution is -0.161. The van der Waals surface area contributed by atoms with E-state index in [2.05, 4.69) is 18.4 Å². The highest BCUT2D eigenvalue weighted by Gasteiger charge is 2.22. The van der Waals surface area contributed by atoms with Crippen LogP contribution in [0.25, 0.3) is 0 Å². The summed E-state index contributed by atoms with van der Waals surface area (Å²) in [5, 5.41) is 0. The summed E-state index contributed by atoms with van der Waals surface area (Å²) in [7, 11) is -4.71. The zero-order chi connectivity index (χ0) is 22.0. The number of rotatable bonds is 19. The van der Waals surface area contributed by atoms with Gasteiger partial charge >= 0.3 is 19.8 Å². The van der Waals surface area contributed by atoms with Crippen molar-refractivity contribution < 1.29 is 37.9 Å². The number of phosphoric ester groups is 1. The molecule has 0 aliphatic carbocycles. The van der Waals surface area contributed by atoms with Gasteiger partial charge in [-0.25, -0.2) is 4.57 Å². The molecule has 29 heavy (non-hydrogen) atoms. The minimum Gasteiger partial charge on any atom is -0.462 e.